The average Bonchev–Trinajstić information content (AvgIpc) is 2.64. The summed E-state index contributed by atoms with van der Waals surface area (Å²) in [6.07, 6.45) is 3.13. The maximum absolute atomic E-state index is 11.7. The van der Waals surface area contributed by atoms with Crippen molar-refractivity contribution >= 4 is 23.6 Å². The Labute approximate surface area is 110 Å². The van der Waals surface area contributed by atoms with Crippen molar-refractivity contribution in [2.24, 2.45) is 5.73 Å². The second-order valence-corrected chi connectivity index (χ2v) is 4.37. The second kappa shape index (κ2) is 8.25. The minimum atomic E-state index is -0.271. The molecule has 0 spiro atoms. The molecule has 2 N–H and O–H groups in total. The van der Waals surface area contributed by atoms with Gasteiger partial charge in [0.1, 0.15) is 0 Å². The molecule has 102 valence electrons. The van der Waals surface area contributed by atoms with Crippen molar-refractivity contribution in [2.45, 2.75) is 0 Å². The van der Waals surface area contributed by atoms with Crippen molar-refractivity contribution in [3.05, 3.63) is 11.0 Å². The van der Waals surface area contributed by atoms with Gasteiger partial charge in [-0.15, -0.1) is 11.8 Å². The smallest absolute Gasteiger partial charge is 0.267 e. The lowest BCUT2D eigenvalue weighted by molar-refractivity contribution is -0.137. The summed E-state index contributed by atoms with van der Waals surface area (Å²) in [4.78, 5) is 24.8. The molecule has 0 saturated carbocycles. The fourth-order valence-corrected chi connectivity index (χ4v) is 1.91. The van der Waals surface area contributed by atoms with Crippen LogP contribution in [-0.2, 0) is 19.1 Å². The first-order valence-electron chi connectivity index (χ1n) is 5.67. The SMILES string of the molecule is CSC1=CC(=O)N(CCOCCOCCN)C1=O. The highest BCUT2D eigenvalue weighted by molar-refractivity contribution is 8.03. The number of nitrogens with two attached hydrogens (primary N) is 1. The summed E-state index contributed by atoms with van der Waals surface area (Å²) in [7, 11) is 0. The number of imide groups is 1. The minimum absolute atomic E-state index is 0.240. The predicted molar refractivity (Wildman–Crippen MR) is 69.0 cm³/mol. The number of rotatable bonds is 9. The lowest BCUT2D eigenvalue weighted by atomic mass is 10.5. The van der Waals surface area contributed by atoms with Crippen LogP contribution in [0.15, 0.2) is 11.0 Å². The molecule has 7 heteroatoms. The highest BCUT2D eigenvalue weighted by Gasteiger charge is 2.29. The maximum atomic E-state index is 11.7. The molecule has 0 saturated heterocycles. The van der Waals surface area contributed by atoms with Crippen molar-refractivity contribution in [1.29, 1.82) is 0 Å². The Balaban J connectivity index is 2.14. The first kappa shape index (κ1) is 15.2. The molecule has 1 aliphatic heterocycles. The predicted octanol–water partition coefficient (Wildman–Crippen LogP) is -0.406. The molecular weight excluding hydrogens is 256 g/mol. The number of nitrogens with zero attached hydrogens (tertiary/aromatic N) is 1. The lowest BCUT2D eigenvalue weighted by Gasteiger charge is -2.14. The van der Waals surface area contributed by atoms with Crippen LogP contribution in [0.4, 0.5) is 0 Å². The largest absolute Gasteiger partial charge is 0.378 e. The van der Waals surface area contributed by atoms with Crippen molar-refractivity contribution in [3.8, 4) is 0 Å². The van der Waals surface area contributed by atoms with Crippen molar-refractivity contribution in [2.75, 3.05) is 45.8 Å². The van der Waals surface area contributed by atoms with E-state index in [2.05, 4.69) is 0 Å². The molecule has 2 amide bonds. The van der Waals surface area contributed by atoms with E-state index in [9.17, 15) is 9.59 Å². The number of thioether (sulfide) groups is 1. The van der Waals surface area contributed by atoms with E-state index in [1.54, 1.807) is 6.26 Å². The first-order chi connectivity index (χ1) is 8.70. The van der Waals surface area contributed by atoms with E-state index < -0.39 is 0 Å². The third-order valence-electron chi connectivity index (χ3n) is 2.29. The topological polar surface area (TPSA) is 81.9 Å². The molecule has 1 aliphatic rings. The molecule has 0 aromatic rings. The zero-order valence-electron chi connectivity index (χ0n) is 10.4. The molecule has 18 heavy (non-hydrogen) atoms. The minimum Gasteiger partial charge on any atom is -0.378 e. The quantitative estimate of drug-likeness (QED) is 0.455. The Kier molecular flexibility index (Phi) is 6.96. The van der Waals surface area contributed by atoms with Crippen molar-refractivity contribution < 1.29 is 19.1 Å². The molecule has 0 atom stereocenters. The summed E-state index contributed by atoms with van der Waals surface area (Å²) in [5, 5.41) is 0. The van der Waals surface area contributed by atoms with Gasteiger partial charge in [-0.2, -0.15) is 0 Å². The summed E-state index contributed by atoms with van der Waals surface area (Å²) >= 11 is 1.28. The van der Waals surface area contributed by atoms with Gasteiger partial charge in [0.2, 0.25) is 0 Å². The Morgan fingerprint density at radius 3 is 2.44 bits per heavy atom. The molecule has 0 aliphatic carbocycles. The third kappa shape index (κ3) is 4.41. The Hall–Kier alpha value is -0.890. The van der Waals surface area contributed by atoms with E-state index in [-0.39, 0.29) is 18.4 Å². The number of ether oxygens (including phenoxy) is 2. The van der Waals surface area contributed by atoms with Gasteiger partial charge < -0.3 is 15.2 Å². The van der Waals surface area contributed by atoms with Crippen molar-refractivity contribution in [3.63, 3.8) is 0 Å². The van der Waals surface area contributed by atoms with Gasteiger partial charge in [-0.25, -0.2) is 0 Å². The molecule has 0 fully saturated rings. The molecule has 1 rings (SSSR count). The molecular formula is C11H18N2O4S. The monoisotopic (exact) mass is 274 g/mol. The highest BCUT2D eigenvalue weighted by atomic mass is 32.2. The van der Waals surface area contributed by atoms with Gasteiger partial charge in [0, 0.05) is 12.6 Å². The fraction of sp³-hybridized carbons (Fsp3) is 0.636. The molecule has 0 unspecified atom stereocenters. The molecule has 0 aromatic heterocycles. The van der Waals surface area contributed by atoms with Gasteiger partial charge in [-0.05, 0) is 6.26 Å². The maximum Gasteiger partial charge on any atom is 0.267 e. The normalized spacial score (nSPS) is 15.4. The van der Waals surface area contributed by atoms with Gasteiger partial charge in [-0.1, -0.05) is 0 Å². The first-order valence-corrected chi connectivity index (χ1v) is 6.90. The number of hydrogen-bond donors (Lipinski definition) is 1. The molecule has 0 aromatic carbocycles. The number of carbonyl (C=O) groups is 2. The summed E-state index contributed by atoms with van der Waals surface area (Å²) in [6.45, 7) is 2.48. The van der Waals surface area contributed by atoms with Crippen LogP contribution in [0.5, 0.6) is 0 Å². The van der Waals surface area contributed by atoms with E-state index in [0.717, 1.165) is 0 Å². The van der Waals surface area contributed by atoms with E-state index in [1.807, 2.05) is 0 Å². The van der Waals surface area contributed by atoms with Crippen LogP contribution in [0.25, 0.3) is 0 Å². The molecule has 0 radical (unpaired) electrons. The Morgan fingerprint density at radius 1 is 1.22 bits per heavy atom. The van der Waals surface area contributed by atoms with Crippen molar-refractivity contribution in [1.82, 2.24) is 4.90 Å². The Bertz CT molecular complexity index is 333. The van der Waals surface area contributed by atoms with Crippen LogP contribution in [0, 0.1) is 0 Å². The summed E-state index contributed by atoms with van der Waals surface area (Å²) in [6, 6.07) is 0. The van der Waals surface area contributed by atoms with Gasteiger partial charge in [0.15, 0.2) is 0 Å². The van der Waals surface area contributed by atoms with E-state index in [0.29, 0.717) is 37.9 Å². The molecule has 1 heterocycles. The number of amides is 2. The lowest BCUT2D eigenvalue weighted by Crippen LogP contribution is -2.34. The summed E-state index contributed by atoms with van der Waals surface area (Å²) in [5.74, 6) is -0.511. The van der Waals surface area contributed by atoms with Gasteiger partial charge in [0.25, 0.3) is 11.8 Å². The zero-order valence-corrected chi connectivity index (χ0v) is 11.2. The van der Waals surface area contributed by atoms with E-state index in [4.69, 9.17) is 15.2 Å². The zero-order chi connectivity index (χ0) is 13.4. The second-order valence-electron chi connectivity index (χ2n) is 3.52. The van der Waals surface area contributed by atoms with Gasteiger partial charge in [0.05, 0.1) is 37.9 Å². The van der Waals surface area contributed by atoms with E-state index in [1.165, 1.54) is 22.7 Å². The summed E-state index contributed by atoms with van der Waals surface area (Å²) in [5.41, 5.74) is 5.25. The van der Waals surface area contributed by atoms with Gasteiger partial charge in [-0.3, -0.25) is 14.5 Å². The molecule has 6 nitrogen and oxygen atoms in total. The molecule has 0 bridgehead atoms. The standard InChI is InChI=1S/C11H18N2O4S/c1-18-9-8-10(14)13(11(9)15)3-5-17-7-6-16-4-2-12/h8H,2-7,12H2,1H3. The number of hydrogen-bond acceptors (Lipinski definition) is 6. The van der Waals surface area contributed by atoms with Gasteiger partial charge >= 0.3 is 0 Å². The summed E-state index contributed by atoms with van der Waals surface area (Å²) < 4.78 is 10.4. The highest BCUT2D eigenvalue weighted by Crippen LogP contribution is 2.21. The third-order valence-corrected chi connectivity index (χ3v) is 3.02. The van der Waals surface area contributed by atoms with Crippen LogP contribution >= 0.6 is 11.8 Å². The van der Waals surface area contributed by atoms with Crippen LogP contribution in [0.2, 0.25) is 0 Å². The number of carbonyl (C=O) groups excluding carboxylic acids is 2. The Morgan fingerprint density at radius 2 is 1.89 bits per heavy atom. The van der Waals surface area contributed by atoms with E-state index >= 15 is 0 Å². The van der Waals surface area contributed by atoms with Crippen LogP contribution in [0.3, 0.4) is 0 Å². The van der Waals surface area contributed by atoms with Crippen LogP contribution < -0.4 is 5.73 Å². The van der Waals surface area contributed by atoms with Crippen LogP contribution in [-0.4, -0.2) is 62.5 Å². The average molecular weight is 274 g/mol. The van der Waals surface area contributed by atoms with Crippen LogP contribution in [0.1, 0.15) is 0 Å². The fourth-order valence-electron chi connectivity index (χ4n) is 1.40.